The van der Waals surface area contributed by atoms with E-state index in [0.717, 1.165) is 0 Å². The van der Waals surface area contributed by atoms with Crippen LogP contribution in [0.1, 0.15) is 18.4 Å². The topological polar surface area (TPSA) is 72.2 Å². The van der Waals surface area contributed by atoms with Crippen LogP contribution in [0.3, 0.4) is 0 Å². The Labute approximate surface area is 93.6 Å². The van der Waals surface area contributed by atoms with Gasteiger partial charge in [-0.2, -0.15) is 5.26 Å². The highest BCUT2D eigenvalue weighted by molar-refractivity contribution is 5.81. The van der Waals surface area contributed by atoms with E-state index in [-0.39, 0.29) is 6.61 Å². The molecule has 84 valence electrons. The molecule has 16 heavy (non-hydrogen) atoms. The molecule has 0 aromatic carbocycles. The molecular formula is C11H12N2O3. The Balaban J connectivity index is 2.88. The lowest BCUT2D eigenvalue weighted by Crippen LogP contribution is -2.14. The summed E-state index contributed by atoms with van der Waals surface area (Å²) in [5, 5.41) is 8.89. The Bertz CT molecular complexity index is 395. The zero-order chi connectivity index (χ0) is 12.0. The van der Waals surface area contributed by atoms with E-state index >= 15 is 0 Å². The van der Waals surface area contributed by atoms with E-state index in [1.807, 2.05) is 6.07 Å². The zero-order valence-corrected chi connectivity index (χ0v) is 9.14. The van der Waals surface area contributed by atoms with Gasteiger partial charge in [-0.1, -0.05) is 6.07 Å². The predicted octanol–water partition coefficient (Wildman–Crippen LogP) is 1.26. The minimum absolute atomic E-state index is 0.251. The molecule has 0 saturated heterocycles. The van der Waals surface area contributed by atoms with Crippen molar-refractivity contribution in [2.45, 2.75) is 12.8 Å². The number of carbonyl (C=O) groups is 1. The smallest absolute Gasteiger partial charge is 0.327 e. The highest BCUT2D eigenvalue weighted by atomic mass is 16.5. The fraction of sp³-hybridized carbons (Fsp3) is 0.364. The van der Waals surface area contributed by atoms with Crippen LogP contribution in [0.15, 0.2) is 18.3 Å². The van der Waals surface area contributed by atoms with Gasteiger partial charge in [-0.05, 0) is 12.5 Å². The molecule has 0 radical (unpaired) electrons. The molecule has 1 rings (SSSR count). The maximum Gasteiger partial charge on any atom is 0.327 e. The van der Waals surface area contributed by atoms with Crippen molar-refractivity contribution in [1.29, 1.82) is 5.26 Å². The van der Waals surface area contributed by atoms with Crippen molar-refractivity contribution in [3.05, 3.63) is 23.9 Å². The maximum atomic E-state index is 11.4. The van der Waals surface area contributed by atoms with Crippen LogP contribution >= 0.6 is 0 Å². The van der Waals surface area contributed by atoms with Crippen LogP contribution in [0, 0.1) is 11.3 Å². The number of aromatic nitrogens is 1. The number of rotatable bonds is 4. The van der Waals surface area contributed by atoms with Gasteiger partial charge in [0.05, 0.1) is 19.8 Å². The van der Waals surface area contributed by atoms with Gasteiger partial charge < -0.3 is 9.47 Å². The molecule has 0 N–H and O–H groups in total. The van der Waals surface area contributed by atoms with E-state index in [9.17, 15) is 4.79 Å². The molecule has 0 saturated carbocycles. The fourth-order valence-corrected chi connectivity index (χ4v) is 1.17. The molecule has 0 fully saturated rings. The van der Waals surface area contributed by atoms with E-state index in [1.165, 1.54) is 13.3 Å². The molecule has 0 spiro atoms. The van der Waals surface area contributed by atoms with Crippen molar-refractivity contribution in [2.75, 3.05) is 13.7 Å². The quantitative estimate of drug-likeness (QED) is 0.714. The van der Waals surface area contributed by atoms with Gasteiger partial charge in [0.25, 0.3) is 0 Å². The molecule has 1 unspecified atom stereocenters. The van der Waals surface area contributed by atoms with Crippen molar-refractivity contribution in [2.24, 2.45) is 0 Å². The Hall–Kier alpha value is -2.09. The van der Waals surface area contributed by atoms with Crippen molar-refractivity contribution >= 4 is 5.97 Å². The average Bonchev–Trinajstić information content (AvgIpc) is 2.31. The van der Waals surface area contributed by atoms with Gasteiger partial charge in [-0.25, -0.2) is 4.98 Å². The second-order valence-electron chi connectivity index (χ2n) is 2.95. The van der Waals surface area contributed by atoms with Gasteiger partial charge in [-0.15, -0.1) is 0 Å². The third-order valence-electron chi connectivity index (χ3n) is 1.95. The van der Waals surface area contributed by atoms with Crippen LogP contribution in [0.2, 0.25) is 0 Å². The van der Waals surface area contributed by atoms with E-state index < -0.39 is 11.9 Å². The first-order valence-electron chi connectivity index (χ1n) is 4.79. The zero-order valence-electron chi connectivity index (χ0n) is 9.14. The Morgan fingerprint density at radius 2 is 2.38 bits per heavy atom. The molecule has 0 aliphatic rings. The Morgan fingerprint density at radius 3 is 2.81 bits per heavy atom. The van der Waals surface area contributed by atoms with Crippen LogP contribution in [-0.4, -0.2) is 24.7 Å². The van der Waals surface area contributed by atoms with Gasteiger partial charge in [0.1, 0.15) is 0 Å². The third-order valence-corrected chi connectivity index (χ3v) is 1.95. The van der Waals surface area contributed by atoms with Crippen molar-refractivity contribution < 1.29 is 14.3 Å². The summed E-state index contributed by atoms with van der Waals surface area (Å²) in [5.41, 5.74) is 0.502. The maximum absolute atomic E-state index is 11.4. The van der Waals surface area contributed by atoms with Gasteiger partial charge in [0, 0.05) is 12.3 Å². The SMILES string of the molecule is CCOC(=O)C(C#N)c1ccc(OC)nc1. The van der Waals surface area contributed by atoms with Crippen LogP contribution < -0.4 is 4.74 Å². The standard InChI is InChI=1S/C11H12N2O3/c1-3-16-11(14)9(6-12)8-4-5-10(15-2)13-7-8/h4-5,7,9H,3H2,1-2H3. The predicted molar refractivity (Wildman–Crippen MR) is 55.8 cm³/mol. The monoisotopic (exact) mass is 220 g/mol. The third kappa shape index (κ3) is 2.70. The number of hydrogen-bond acceptors (Lipinski definition) is 5. The number of nitriles is 1. The summed E-state index contributed by atoms with van der Waals surface area (Å²) < 4.78 is 9.67. The lowest BCUT2D eigenvalue weighted by molar-refractivity contribution is -0.143. The van der Waals surface area contributed by atoms with E-state index in [1.54, 1.807) is 19.1 Å². The van der Waals surface area contributed by atoms with E-state index in [0.29, 0.717) is 11.4 Å². The average molecular weight is 220 g/mol. The number of hydrogen-bond donors (Lipinski definition) is 0. The highest BCUT2D eigenvalue weighted by Gasteiger charge is 2.21. The molecule has 5 nitrogen and oxygen atoms in total. The summed E-state index contributed by atoms with van der Waals surface area (Å²) in [6, 6.07) is 5.10. The Kier molecular flexibility index (Phi) is 4.28. The Morgan fingerprint density at radius 1 is 1.62 bits per heavy atom. The van der Waals surface area contributed by atoms with Gasteiger partial charge >= 0.3 is 5.97 Å². The number of pyridine rings is 1. The first-order valence-corrected chi connectivity index (χ1v) is 4.79. The molecule has 0 bridgehead atoms. The summed E-state index contributed by atoms with van der Waals surface area (Å²) >= 11 is 0. The van der Waals surface area contributed by atoms with Crippen LogP contribution in [-0.2, 0) is 9.53 Å². The summed E-state index contributed by atoms with van der Waals surface area (Å²) in [4.78, 5) is 15.4. The van der Waals surface area contributed by atoms with E-state index in [2.05, 4.69) is 4.98 Å². The van der Waals surface area contributed by atoms with Crippen molar-refractivity contribution in [3.63, 3.8) is 0 Å². The molecule has 0 aliphatic heterocycles. The first-order chi connectivity index (χ1) is 7.72. The highest BCUT2D eigenvalue weighted by Crippen LogP contribution is 2.17. The second-order valence-corrected chi connectivity index (χ2v) is 2.95. The number of esters is 1. The number of carbonyl (C=O) groups excluding carboxylic acids is 1. The van der Waals surface area contributed by atoms with Gasteiger partial charge in [0.15, 0.2) is 5.92 Å². The van der Waals surface area contributed by atoms with Crippen molar-refractivity contribution in [3.8, 4) is 11.9 Å². The molecular weight excluding hydrogens is 208 g/mol. The molecule has 1 atom stereocenters. The lowest BCUT2D eigenvalue weighted by Gasteiger charge is -2.08. The second kappa shape index (κ2) is 5.71. The lowest BCUT2D eigenvalue weighted by atomic mass is 10.0. The van der Waals surface area contributed by atoms with E-state index in [4.69, 9.17) is 14.7 Å². The summed E-state index contributed by atoms with van der Waals surface area (Å²) in [7, 11) is 1.50. The minimum atomic E-state index is -0.932. The summed E-state index contributed by atoms with van der Waals surface area (Å²) in [5.74, 6) is -1.06. The number of ether oxygens (including phenoxy) is 2. The first kappa shape index (κ1) is 12.0. The number of methoxy groups -OCH3 is 1. The normalized spacial score (nSPS) is 11.3. The molecule has 1 heterocycles. The fourth-order valence-electron chi connectivity index (χ4n) is 1.17. The van der Waals surface area contributed by atoms with Crippen LogP contribution in [0.5, 0.6) is 5.88 Å². The van der Waals surface area contributed by atoms with Crippen molar-refractivity contribution in [1.82, 2.24) is 4.98 Å². The van der Waals surface area contributed by atoms with Gasteiger partial charge in [0.2, 0.25) is 5.88 Å². The van der Waals surface area contributed by atoms with Gasteiger partial charge in [-0.3, -0.25) is 4.79 Å². The number of nitrogens with zero attached hydrogens (tertiary/aromatic N) is 2. The molecule has 1 aromatic heterocycles. The molecule has 1 aromatic rings. The molecule has 5 heteroatoms. The van der Waals surface area contributed by atoms with Crippen LogP contribution in [0.25, 0.3) is 0 Å². The molecule has 0 aliphatic carbocycles. The summed E-state index contributed by atoms with van der Waals surface area (Å²) in [6.07, 6.45) is 1.43. The summed E-state index contributed by atoms with van der Waals surface area (Å²) in [6.45, 7) is 1.94. The minimum Gasteiger partial charge on any atom is -0.481 e. The van der Waals surface area contributed by atoms with Crippen LogP contribution in [0.4, 0.5) is 0 Å². The molecule has 0 amide bonds. The largest absolute Gasteiger partial charge is 0.481 e.